The standard InChI is InChI=1S/C30H30N2O11/c1-5-14(3)23-28(38)32(41)30(15(4)6-2,29(39)31(23)40)42-20-13-17(9-12-19(20)43-32)22-26(36)24(34)21(25(35)27(22)37)16-7-10-18(33)11-8-16/h7-15,40-41H,5-6H2,1-4H3,(H3-,33,34,35,36,37,38)/p+1/t14-,15+,30+,32-/m0/s1. The van der Waals surface area contributed by atoms with Gasteiger partial charge in [0.2, 0.25) is 17.3 Å². The van der Waals surface area contributed by atoms with Crippen molar-refractivity contribution in [2.75, 3.05) is 0 Å². The maximum Gasteiger partial charge on any atom is 0.406 e. The van der Waals surface area contributed by atoms with Gasteiger partial charge in [-0.2, -0.15) is 10.3 Å². The molecule has 0 radical (unpaired) electrons. The van der Waals surface area contributed by atoms with Crippen LogP contribution in [-0.2, 0) is 14.4 Å². The summed E-state index contributed by atoms with van der Waals surface area (Å²) in [6.45, 7) is 6.62. The van der Waals surface area contributed by atoms with Gasteiger partial charge in [-0.05, 0) is 54.3 Å². The summed E-state index contributed by atoms with van der Waals surface area (Å²) in [5, 5.41) is 65.3. The summed E-state index contributed by atoms with van der Waals surface area (Å²) in [6.07, 6.45) is 0.601. The highest BCUT2D eigenvalue weighted by Gasteiger charge is 2.77. The molecule has 0 unspecified atom stereocenters. The third-order valence-corrected chi connectivity index (χ3v) is 8.30. The summed E-state index contributed by atoms with van der Waals surface area (Å²) in [5.74, 6) is -8.03. The molecule has 4 atom stereocenters. The smallest absolute Gasteiger partial charge is 0.406 e. The Balaban J connectivity index is 1.64. The van der Waals surface area contributed by atoms with Crippen molar-refractivity contribution in [1.29, 1.82) is 0 Å². The number of fused-ring (bicyclic) bond motifs is 2. The summed E-state index contributed by atoms with van der Waals surface area (Å²) >= 11 is 0. The molecule has 226 valence electrons. The lowest BCUT2D eigenvalue weighted by atomic mass is 9.86. The molecule has 2 aromatic rings. The van der Waals surface area contributed by atoms with Gasteiger partial charge in [-0.15, -0.1) is 0 Å². The largest absolute Gasteiger partial charge is 0.508 e. The monoisotopic (exact) mass is 595 g/mol. The van der Waals surface area contributed by atoms with Crippen LogP contribution in [-0.4, -0.2) is 63.9 Å². The minimum Gasteiger partial charge on any atom is -0.508 e. The zero-order chi connectivity index (χ0) is 31.6. The Morgan fingerprint density at radius 1 is 0.837 bits per heavy atom. The minimum atomic E-state index is -2.45. The van der Waals surface area contributed by atoms with Crippen LogP contribution >= 0.6 is 0 Å². The summed E-state index contributed by atoms with van der Waals surface area (Å²) in [5.41, 5.74) is -3.76. The van der Waals surface area contributed by atoms with Gasteiger partial charge >= 0.3 is 17.5 Å². The fourth-order valence-corrected chi connectivity index (χ4v) is 5.50. The van der Waals surface area contributed by atoms with Gasteiger partial charge in [0.15, 0.2) is 23.0 Å². The predicted molar refractivity (Wildman–Crippen MR) is 147 cm³/mol. The molecule has 0 fully saturated rings. The molecule has 2 aromatic carbocycles. The van der Waals surface area contributed by atoms with E-state index in [4.69, 9.17) is 9.57 Å². The maximum atomic E-state index is 13.8. The number of Topliss-reactive ketones (excluding diaryl/α,β-unsaturated/α-hetero) is 2. The molecule has 2 heterocycles. The first-order valence-corrected chi connectivity index (χ1v) is 13.6. The van der Waals surface area contributed by atoms with E-state index in [0.29, 0.717) is 6.42 Å². The number of ether oxygens (including phenoxy) is 1. The average molecular weight is 596 g/mol. The number of carbonyl (C=O) groups excluding carboxylic acids is 3. The van der Waals surface area contributed by atoms with Gasteiger partial charge in [-0.1, -0.05) is 39.8 Å². The molecule has 0 spiro atoms. The van der Waals surface area contributed by atoms with Crippen molar-refractivity contribution in [3.8, 4) is 17.2 Å². The lowest BCUT2D eigenvalue weighted by Crippen LogP contribution is -2.79. The Bertz CT molecular complexity index is 1660. The number of amides is 1. The lowest BCUT2D eigenvalue weighted by Gasteiger charge is -2.49. The van der Waals surface area contributed by atoms with Crippen LogP contribution in [0.3, 0.4) is 0 Å². The first-order valence-electron chi connectivity index (χ1n) is 13.6. The molecule has 1 aliphatic carbocycles. The molecule has 2 aliphatic heterocycles. The van der Waals surface area contributed by atoms with Crippen molar-refractivity contribution in [2.45, 2.75) is 46.3 Å². The number of carbonyl (C=O) groups is 3. The van der Waals surface area contributed by atoms with E-state index in [-0.39, 0.29) is 45.6 Å². The van der Waals surface area contributed by atoms with Crippen LogP contribution in [0.25, 0.3) is 11.1 Å². The summed E-state index contributed by atoms with van der Waals surface area (Å²) < 4.78 is 6.10. The van der Waals surface area contributed by atoms with Crippen molar-refractivity contribution in [2.24, 2.45) is 11.8 Å². The van der Waals surface area contributed by atoms with Crippen LogP contribution in [0, 0.1) is 11.8 Å². The number of hydrogen-bond acceptors (Lipinski definition) is 11. The second-order valence-corrected chi connectivity index (χ2v) is 10.7. The van der Waals surface area contributed by atoms with Crippen LogP contribution in [0.5, 0.6) is 17.2 Å². The number of allylic oxidation sites excluding steroid dienone is 3. The van der Waals surface area contributed by atoms with E-state index in [1.165, 1.54) is 42.5 Å². The van der Waals surface area contributed by atoms with Crippen molar-refractivity contribution in [1.82, 2.24) is 5.06 Å². The van der Waals surface area contributed by atoms with Crippen molar-refractivity contribution >= 4 is 28.6 Å². The number of phenols is 1. The molecule has 6 N–H and O–H groups in total. The van der Waals surface area contributed by atoms with Gasteiger partial charge in [-0.25, -0.2) is 0 Å². The molecule has 0 aromatic heterocycles. The van der Waals surface area contributed by atoms with E-state index in [9.17, 15) is 45.2 Å². The van der Waals surface area contributed by atoms with Crippen LogP contribution in [0.2, 0.25) is 0 Å². The Labute approximate surface area is 245 Å². The number of phenolic OH excluding ortho intramolecular Hbond substituents is 1. The highest BCUT2D eigenvalue weighted by Crippen LogP contribution is 2.52. The lowest BCUT2D eigenvalue weighted by molar-refractivity contribution is -1.25. The summed E-state index contributed by atoms with van der Waals surface area (Å²) in [4.78, 5) is 44.2. The minimum absolute atomic E-state index is 0.0861. The zero-order valence-corrected chi connectivity index (χ0v) is 23.7. The second-order valence-electron chi connectivity index (χ2n) is 10.7. The Morgan fingerprint density at radius 3 is 1.95 bits per heavy atom. The number of quaternary nitrogens is 1. The normalized spacial score (nSPS) is 25.3. The number of aromatic hydroxyl groups is 1. The predicted octanol–water partition coefficient (Wildman–Crippen LogP) is 4.42. The third-order valence-electron chi connectivity index (χ3n) is 8.30. The fourth-order valence-electron chi connectivity index (χ4n) is 5.50. The van der Waals surface area contributed by atoms with Gasteiger partial charge < -0.3 is 25.2 Å². The van der Waals surface area contributed by atoms with E-state index in [1.54, 1.807) is 27.7 Å². The number of hydroxylamine groups is 6. The van der Waals surface area contributed by atoms with E-state index in [0.717, 1.165) is 0 Å². The fraction of sp³-hybridized carbons (Fsp3) is 0.300. The van der Waals surface area contributed by atoms with Gasteiger partial charge in [0, 0.05) is 5.92 Å². The molecular formula is C30H31N2O11+. The zero-order valence-electron chi connectivity index (χ0n) is 23.7. The average Bonchev–Trinajstić information content (AvgIpc) is 2.99. The SMILES string of the molecule is CC[C@@H](C)[C@]12Oc3cc(C4=C(O)C(=O)C(c5ccc(O)cc5)=C(O)C4=O)ccc3O[N@@+]1(O)C(O)=C([C@@H](C)CC)N(O)C2=O. The first-order chi connectivity index (χ1) is 20.2. The van der Waals surface area contributed by atoms with E-state index in [1.807, 2.05) is 0 Å². The molecule has 43 heavy (non-hydrogen) atoms. The number of aliphatic hydroxyl groups excluding tert-OH is 3. The van der Waals surface area contributed by atoms with Crippen LogP contribution in [0.1, 0.15) is 51.7 Å². The number of hydrogen-bond donors (Lipinski definition) is 6. The van der Waals surface area contributed by atoms with E-state index >= 15 is 0 Å². The molecule has 5 rings (SSSR count). The van der Waals surface area contributed by atoms with Gasteiger partial charge in [0.05, 0.1) is 17.1 Å². The Kier molecular flexibility index (Phi) is 7.00. The second kappa shape index (κ2) is 10.2. The summed E-state index contributed by atoms with van der Waals surface area (Å²) in [7, 11) is 0. The molecule has 0 saturated heterocycles. The van der Waals surface area contributed by atoms with E-state index in [2.05, 4.69) is 0 Å². The van der Waals surface area contributed by atoms with Crippen molar-refractivity contribution < 1.29 is 59.6 Å². The number of nitrogens with zero attached hydrogens (tertiary/aromatic N) is 2. The van der Waals surface area contributed by atoms with Crippen LogP contribution in [0.15, 0.2) is 65.6 Å². The Morgan fingerprint density at radius 2 is 1.40 bits per heavy atom. The number of benzene rings is 2. The molecule has 0 bridgehead atoms. The third kappa shape index (κ3) is 4.00. The van der Waals surface area contributed by atoms with Gasteiger partial charge in [0.1, 0.15) is 10.6 Å². The molecule has 0 saturated carbocycles. The highest BCUT2D eigenvalue weighted by molar-refractivity contribution is 6.46. The van der Waals surface area contributed by atoms with Crippen molar-refractivity contribution in [3.05, 3.63) is 76.7 Å². The Hall–Kier alpha value is -4.85. The van der Waals surface area contributed by atoms with E-state index < -0.39 is 68.4 Å². The number of ketones is 2. The maximum absolute atomic E-state index is 13.8. The topological polar surface area (TPSA) is 194 Å². The summed E-state index contributed by atoms with van der Waals surface area (Å²) in [6, 6.07) is 8.72. The number of rotatable bonds is 6. The number of aliphatic hydroxyl groups is 3. The van der Waals surface area contributed by atoms with Crippen molar-refractivity contribution in [3.63, 3.8) is 0 Å². The molecule has 13 heteroatoms. The quantitative estimate of drug-likeness (QED) is 0.157. The molecule has 1 amide bonds. The van der Waals surface area contributed by atoms with Crippen LogP contribution < -0.4 is 9.57 Å². The molecular weight excluding hydrogens is 564 g/mol. The molecule has 3 aliphatic rings. The van der Waals surface area contributed by atoms with Crippen LogP contribution in [0.4, 0.5) is 0 Å². The van der Waals surface area contributed by atoms with Gasteiger partial charge in [0.25, 0.3) is 0 Å². The highest BCUT2D eigenvalue weighted by atomic mass is 17.0. The molecule has 13 nitrogen and oxygen atoms in total. The first kappa shape index (κ1) is 29.6. The van der Waals surface area contributed by atoms with Gasteiger partial charge in [-0.3, -0.25) is 24.4 Å².